The number of nitrogens with one attached hydrogen (secondary N) is 1. The first-order valence-corrected chi connectivity index (χ1v) is 7.37. The fraction of sp³-hybridized carbons (Fsp3) is 0.500. The second-order valence-electron chi connectivity index (χ2n) is 5.24. The Bertz CT molecular complexity index is 677. The van der Waals surface area contributed by atoms with Gasteiger partial charge in [0.05, 0.1) is 18.1 Å². The van der Waals surface area contributed by atoms with Gasteiger partial charge in [0.1, 0.15) is 5.82 Å². The van der Waals surface area contributed by atoms with E-state index < -0.39 is 0 Å². The average Bonchev–Trinajstić information content (AvgIpc) is 2.95. The zero-order valence-corrected chi connectivity index (χ0v) is 17.1. The molecule has 0 aliphatic rings. The lowest BCUT2D eigenvalue weighted by molar-refractivity contribution is 0.460. The van der Waals surface area contributed by atoms with Crippen molar-refractivity contribution in [3.8, 4) is 0 Å². The SMILES string of the molecule is CN=C(NCc1nnc(C)n1C)N(C)Cc1cc(Cl)cn1C.I. The summed E-state index contributed by atoms with van der Waals surface area (Å²) in [6.07, 6.45) is 1.89. The minimum Gasteiger partial charge on any atom is -0.351 e. The molecule has 0 aliphatic carbocycles. The summed E-state index contributed by atoms with van der Waals surface area (Å²) in [6, 6.07) is 1.96. The maximum atomic E-state index is 6.02. The Hall–Kier alpha value is -1.29. The van der Waals surface area contributed by atoms with Crippen LogP contribution in [-0.2, 0) is 27.2 Å². The zero-order chi connectivity index (χ0) is 16.3. The van der Waals surface area contributed by atoms with Gasteiger partial charge in [-0.05, 0) is 13.0 Å². The van der Waals surface area contributed by atoms with Gasteiger partial charge in [0.2, 0.25) is 0 Å². The van der Waals surface area contributed by atoms with Gasteiger partial charge in [0.25, 0.3) is 0 Å². The molecule has 0 aliphatic heterocycles. The molecule has 2 aromatic heterocycles. The largest absolute Gasteiger partial charge is 0.351 e. The van der Waals surface area contributed by atoms with E-state index >= 15 is 0 Å². The molecular formula is C14H23ClIN7. The summed E-state index contributed by atoms with van der Waals surface area (Å²) in [5, 5.41) is 12.2. The topological polar surface area (TPSA) is 63.3 Å². The lowest BCUT2D eigenvalue weighted by Crippen LogP contribution is -2.38. The summed E-state index contributed by atoms with van der Waals surface area (Å²) >= 11 is 6.02. The van der Waals surface area contributed by atoms with Gasteiger partial charge in [-0.3, -0.25) is 4.99 Å². The molecule has 2 heterocycles. The first-order valence-electron chi connectivity index (χ1n) is 6.99. The second kappa shape index (κ2) is 8.53. The van der Waals surface area contributed by atoms with Crippen LogP contribution in [0.3, 0.4) is 0 Å². The lowest BCUT2D eigenvalue weighted by Gasteiger charge is -2.22. The third-order valence-electron chi connectivity index (χ3n) is 3.63. The van der Waals surface area contributed by atoms with Crippen LogP contribution in [0.1, 0.15) is 17.3 Å². The normalized spacial score (nSPS) is 11.3. The van der Waals surface area contributed by atoms with Crippen molar-refractivity contribution in [3.05, 3.63) is 34.6 Å². The highest BCUT2D eigenvalue weighted by molar-refractivity contribution is 14.0. The zero-order valence-electron chi connectivity index (χ0n) is 14.0. The average molecular weight is 452 g/mol. The van der Waals surface area contributed by atoms with Gasteiger partial charge in [-0.1, -0.05) is 11.6 Å². The summed E-state index contributed by atoms with van der Waals surface area (Å²) in [6.45, 7) is 3.21. The molecule has 0 saturated carbocycles. The molecule has 0 bridgehead atoms. The minimum absolute atomic E-state index is 0. The third kappa shape index (κ3) is 4.84. The van der Waals surface area contributed by atoms with Crippen molar-refractivity contribution in [2.75, 3.05) is 14.1 Å². The first-order chi connectivity index (χ1) is 10.4. The second-order valence-corrected chi connectivity index (χ2v) is 5.68. The highest BCUT2D eigenvalue weighted by Gasteiger charge is 2.11. The Morgan fingerprint density at radius 2 is 2.09 bits per heavy atom. The van der Waals surface area contributed by atoms with E-state index in [1.807, 2.05) is 54.4 Å². The smallest absolute Gasteiger partial charge is 0.194 e. The number of hydrogen-bond donors (Lipinski definition) is 1. The van der Waals surface area contributed by atoms with Crippen LogP contribution in [0.25, 0.3) is 0 Å². The van der Waals surface area contributed by atoms with Crippen LogP contribution < -0.4 is 5.32 Å². The Kier molecular flexibility index (Phi) is 7.33. The summed E-state index contributed by atoms with van der Waals surface area (Å²) in [5.74, 6) is 2.55. The van der Waals surface area contributed by atoms with Gasteiger partial charge in [-0.15, -0.1) is 34.2 Å². The van der Waals surface area contributed by atoms with E-state index in [0.717, 1.165) is 28.3 Å². The Morgan fingerprint density at radius 3 is 2.57 bits per heavy atom. The predicted molar refractivity (Wildman–Crippen MR) is 103 cm³/mol. The van der Waals surface area contributed by atoms with Crippen molar-refractivity contribution < 1.29 is 0 Å². The van der Waals surface area contributed by atoms with Crippen LogP contribution in [0.2, 0.25) is 5.02 Å². The van der Waals surface area contributed by atoms with E-state index in [9.17, 15) is 0 Å². The Morgan fingerprint density at radius 1 is 1.39 bits per heavy atom. The van der Waals surface area contributed by atoms with Crippen molar-refractivity contribution in [1.29, 1.82) is 0 Å². The van der Waals surface area contributed by atoms with Crippen molar-refractivity contribution in [2.45, 2.75) is 20.0 Å². The van der Waals surface area contributed by atoms with E-state index in [4.69, 9.17) is 11.6 Å². The number of aromatic nitrogens is 4. The maximum Gasteiger partial charge on any atom is 0.194 e. The monoisotopic (exact) mass is 451 g/mol. The summed E-state index contributed by atoms with van der Waals surface area (Å²) in [5.41, 5.74) is 1.12. The molecular weight excluding hydrogens is 429 g/mol. The molecule has 0 aromatic carbocycles. The molecule has 0 amide bonds. The molecule has 0 saturated heterocycles. The number of aryl methyl sites for hydroxylation is 2. The van der Waals surface area contributed by atoms with Crippen molar-refractivity contribution in [1.82, 2.24) is 29.5 Å². The van der Waals surface area contributed by atoms with Crippen LogP contribution in [0.4, 0.5) is 0 Å². The molecule has 23 heavy (non-hydrogen) atoms. The van der Waals surface area contributed by atoms with Gasteiger partial charge < -0.3 is 19.4 Å². The minimum atomic E-state index is 0. The molecule has 0 spiro atoms. The molecule has 0 fully saturated rings. The van der Waals surface area contributed by atoms with E-state index in [1.165, 1.54) is 0 Å². The van der Waals surface area contributed by atoms with Gasteiger partial charge in [-0.2, -0.15) is 0 Å². The lowest BCUT2D eigenvalue weighted by atomic mass is 10.4. The van der Waals surface area contributed by atoms with Crippen LogP contribution in [0.15, 0.2) is 17.3 Å². The third-order valence-corrected chi connectivity index (χ3v) is 3.84. The maximum absolute atomic E-state index is 6.02. The van der Waals surface area contributed by atoms with Crippen molar-refractivity contribution in [3.63, 3.8) is 0 Å². The summed E-state index contributed by atoms with van der Waals surface area (Å²) in [7, 11) is 7.68. The van der Waals surface area contributed by atoms with Crippen LogP contribution in [0, 0.1) is 6.92 Å². The number of hydrogen-bond acceptors (Lipinski definition) is 3. The fourth-order valence-electron chi connectivity index (χ4n) is 2.19. The van der Waals surface area contributed by atoms with E-state index in [1.54, 1.807) is 7.05 Å². The molecule has 1 N–H and O–H groups in total. The first kappa shape index (κ1) is 19.8. The highest BCUT2D eigenvalue weighted by Crippen LogP contribution is 2.14. The van der Waals surface area contributed by atoms with Crippen LogP contribution in [0.5, 0.6) is 0 Å². The van der Waals surface area contributed by atoms with Gasteiger partial charge in [0.15, 0.2) is 11.8 Å². The van der Waals surface area contributed by atoms with Gasteiger partial charge in [-0.25, -0.2) is 0 Å². The molecule has 0 radical (unpaired) electrons. The molecule has 2 rings (SSSR count). The quantitative estimate of drug-likeness (QED) is 0.438. The molecule has 7 nitrogen and oxygen atoms in total. The van der Waals surface area contributed by atoms with Gasteiger partial charge >= 0.3 is 0 Å². The number of guanidine groups is 1. The van der Waals surface area contributed by atoms with Crippen LogP contribution >= 0.6 is 35.6 Å². The molecule has 9 heteroatoms. The van der Waals surface area contributed by atoms with E-state index in [0.29, 0.717) is 13.1 Å². The molecule has 0 unspecified atom stereocenters. The van der Waals surface area contributed by atoms with Gasteiger partial charge in [0, 0.05) is 40.1 Å². The predicted octanol–water partition coefficient (Wildman–Crippen LogP) is 1.94. The van der Waals surface area contributed by atoms with Crippen molar-refractivity contribution >= 4 is 41.5 Å². The molecule has 128 valence electrons. The van der Waals surface area contributed by atoms with Crippen molar-refractivity contribution in [2.24, 2.45) is 19.1 Å². The summed E-state index contributed by atoms with van der Waals surface area (Å²) < 4.78 is 3.97. The Labute approximate surface area is 158 Å². The van der Waals surface area contributed by atoms with E-state index in [-0.39, 0.29) is 24.0 Å². The Balaban J connectivity index is 0.00000264. The summed E-state index contributed by atoms with van der Waals surface area (Å²) in [4.78, 5) is 6.34. The number of nitrogens with zero attached hydrogens (tertiary/aromatic N) is 6. The standard InChI is InChI=1S/C14H22ClN7.HI/c1-10-18-19-13(22(10)5)7-17-14(16-2)21(4)9-12-6-11(15)8-20(12)3;/h6,8H,7,9H2,1-5H3,(H,16,17);1H. The molecule has 0 atom stereocenters. The number of aliphatic imine (C=N–C) groups is 1. The highest BCUT2D eigenvalue weighted by atomic mass is 127. The van der Waals surface area contributed by atoms with E-state index in [2.05, 4.69) is 20.5 Å². The number of halogens is 2. The fourth-order valence-corrected chi connectivity index (χ4v) is 2.46. The van der Waals surface area contributed by atoms with Crippen LogP contribution in [-0.4, -0.2) is 44.3 Å². The number of rotatable bonds is 4. The molecule has 2 aromatic rings.